The smallest absolute Gasteiger partial charge is 0.293 e. The van der Waals surface area contributed by atoms with Gasteiger partial charge in [-0.1, -0.05) is 41.9 Å². The normalized spacial score (nSPS) is 14.7. The van der Waals surface area contributed by atoms with Gasteiger partial charge >= 0.3 is 0 Å². The molecular formula is C22H20ClN3O4S. The number of nitrogens with one attached hydrogen (secondary N) is 2. The summed E-state index contributed by atoms with van der Waals surface area (Å²) in [5.41, 5.74) is 1.29. The van der Waals surface area contributed by atoms with Crippen LogP contribution in [0.5, 0.6) is 0 Å². The second-order valence-electron chi connectivity index (χ2n) is 6.61. The van der Waals surface area contributed by atoms with Crippen LogP contribution in [0.3, 0.4) is 0 Å². The van der Waals surface area contributed by atoms with E-state index in [2.05, 4.69) is 10.6 Å². The maximum absolute atomic E-state index is 12.5. The van der Waals surface area contributed by atoms with Crippen molar-refractivity contribution >= 4 is 52.4 Å². The van der Waals surface area contributed by atoms with Crippen molar-refractivity contribution in [1.29, 1.82) is 0 Å². The fourth-order valence-electron chi connectivity index (χ4n) is 2.78. The molecule has 1 aliphatic rings. The summed E-state index contributed by atoms with van der Waals surface area (Å²) in [6.07, 6.45) is 1.73. The Morgan fingerprint density at radius 1 is 0.968 bits per heavy atom. The molecule has 1 fully saturated rings. The molecule has 0 unspecified atom stereocenters. The second kappa shape index (κ2) is 10.8. The lowest BCUT2D eigenvalue weighted by molar-refractivity contribution is -0.124. The monoisotopic (exact) mass is 457 g/mol. The molecule has 2 N–H and O–H groups in total. The first-order chi connectivity index (χ1) is 14.9. The zero-order valence-electron chi connectivity index (χ0n) is 16.5. The Kier molecular flexibility index (Phi) is 7.86. The van der Waals surface area contributed by atoms with E-state index in [0.717, 1.165) is 22.2 Å². The summed E-state index contributed by atoms with van der Waals surface area (Å²) in [5.74, 6) is -0.926. The average molecular weight is 458 g/mol. The highest BCUT2D eigenvalue weighted by Gasteiger charge is 2.34. The van der Waals surface area contributed by atoms with Crippen molar-refractivity contribution in [3.05, 3.63) is 75.7 Å². The predicted octanol–water partition coefficient (Wildman–Crippen LogP) is 3.31. The van der Waals surface area contributed by atoms with Crippen molar-refractivity contribution in [2.75, 3.05) is 19.6 Å². The van der Waals surface area contributed by atoms with Crippen LogP contribution in [0.1, 0.15) is 22.3 Å². The van der Waals surface area contributed by atoms with Crippen LogP contribution in [0, 0.1) is 0 Å². The number of carbonyl (C=O) groups excluding carboxylic acids is 4. The van der Waals surface area contributed by atoms with Gasteiger partial charge in [-0.25, -0.2) is 0 Å². The van der Waals surface area contributed by atoms with E-state index in [1.165, 1.54) is 0 Å². The minimum atomic E-state index is -0.394. The number of amides is 4. The zero-order valence-corrected chi connectivity index (χ0v) is 18.0. The molecule has 1 saturated heterocycles. The van der Waals surface area contributed by atoms with Crippen LogP contribution in [0.2, 0.25) is 5.02 Å². The van der Waals surface area contributed by atoms with Crippen LogP contribution in [0.15, 0.2) is 59.5 Å². The van der Waals surface area contributed by atoms with Gasteiger partial charge in [-0.05, 0) is 47.7 Å². The van der Waals surface area contributed by atoms with Crippen molar-refractivity contribution in [3.63, 3.8) is 0 Å². The summed E-state index contributed by atoms with van der Waals surface area (Å²) in [7, 11) is 0. The molecule has 0 aromatic heterocycles. The summed E-state index contributed by atoms with van der Waals surface area (Å²) in [6.45, 7) is 0.396. The molecule has 7 nitrogen and oxygen atoms in total. The third kappa shape index (κ3) is 6.44. The highest BCUT2D eigenvalue weighted by molar-refractivity contribution is 8.18. The number of hydrogen-bond acceptors (Lipinski definition) is 5. The van der Waals surface area contributed by atoms with E-state index in [1.807, 2.05) is 6.07 Å². The Morgan fingerprint density at radius 2 is 1.68 bits per heavy atom. The van der Waals surface area contributed by atoms with Crippen LogP contribution in [-0.2, 0) is 9.59 Å². The molecule has 0 saturated carbocycles. The first-order valence-electron chi connectivity index (χ1n) is 9.55. The molecule has 0 bridgehead atoms. The number of imide groups is 1. The zero-order chi connectivity index (χ0) is 22.2. The van der Waals surface area contributed by atoms with Gasteiger partial charge < -0.3 is 10.6 Å². The maximum Gasteiger partial charge on any atom is 0.293 e. The highest BCUT2D eigenvalue weighted by atomic mass is 35.5. The second-order valence-corrected chi connectivity index (χ2v) is 8.04. The molecule has 1 heterocycles. The van der Waals surface area contributed by atoms with E-state index in [-0.39, 0.29) is 43.1 Å². The van der Waals surface area contributed by atoms with Crippen LogP contribution < -0.4 is 10.6 Å². The molecule has 0 spiro atoms. The largest absolute Gasteiger partial charge is 0.354 e. The van der Waals surface area contributed by atoms with Crippen LogP contribution in [0.25, 0.3) is 6.08 Å². The molecule has 9 heteroatoms. The van der Waals surface area contributed by atoms with Gasteiger partial charge in [0.25, 0.3) is 17.1 Å². The van der Waals surface area contributed by atoms with E-state index in [0.29, 0.717) is 15.5 Å². The molecular weight excluding hydrogens is 438 g/mol. The van der Waals surface area contributed by atoms with Gasteiger partial charge in [-0.15, -0.1) is 0 Å². The van der Waals surface area contributed by atoms with Gasteiger partial charge in [0.15, 0.2) is 0 Å². The van der Waals surface area contributed by atoms with Gasteiger partial charge in [0.05, 0.1) is 4.91 Å². The SMILES string of the molecule is O=C(CCNC(=O)c1ccccc1)NCCN1C(=O)S/C(=C\c2ccc(Cl)cc2)C1=O. The Morgan fingerprint density at radius 3 is 2.39 bits per heavy atom. The molecule has 0 radical (unpaired) electrons. The lowest BCUT2D eigenvalue weighted by Gasteiger charge is -2.13. The number of benzene rings is 2. The molecule has 3 rings (SSSR count). The van der Waals surface area contributed by atoms with Crippen LogP contribution in [-0.4, -0.2) is 47.5 Å². The van der Waals surface area contributed by atoms with E-state index in [4.69, 9.17) is 11.6 Å². The Labute approximate surface area is 188 Å². The highest BCUT2D eigenvalue weighted by Crippen LogP contribution is 2.32. The summed E-state index contributed by atoms with van der Waals surface area (Å²) in [4.78, 5) is 49.9. The summed E-state index contributed by atoms with van der Waals surface area (Å²) >= 11 is 6.71. The van der Waals surface area contributed by atoms with Gasteiger partial charge in [0.1, 0.15) is 0 Å². The third-order valence-corrected chi connectivity index (χ3v) is 5.53. The van der Waals surface area contributed by atoms with Crippen LogP contribution >= 0.6 is 23.4 Å². The number of hydrogen-bond donors (Lipinski definition) is 2. The quantitative estimate of drug-likeness (QED) is 0.593. The number of carbonyl (C=O) groups is 4. The topological polar surface area (TPSA) is 95.6 Å². The van der Waals surface area contributed by atoms with Crippen molar-refractivity contribution in [2.24, 2.45) is 0 Å². The predicted molar refractivity (Wildman–Crippen MR) is 121 cm³/mol. The molecule has 1 aliphatic heterocycles. The first kappa shape index (κ1) is 22.6. The van der Waals surface area contributed by atoms with Crippen molar-refractivity contribution in [3.8, 4) is 0 Å². The van der Waals surface area contributed by atoms with E-state index >= 15 is 0 Å². The number of thioether (sulfide) groups is 1. The third-order valence-electron chi connectivity index (χ3n) is 4.37. The Hall–Kier alpha value is -3.10. The summed E-state index contributed by atoms with van der Waals surface area (Å²) < 4.78 is 0. The van der Waals surface area contributed by atoms with E-state index in [1.54, 1.807) is 54.6 Å². The van der Waals surface area contributed by atoms with Crippen molar-refractivity contribution < 1.29 is 19.2 Å². The van der Waals surface area contributed by atoms with Crippen LogP contribution in [0.4, 0.5) is 4.79 Å². The van der Waals surface area contributed by atoms with Crippen molar-refractivity contribution in [1.82, 2.24) is 15.5 Å². The van der Waals surface area contributed by atoms with E-state index < -0.39 is 5.91 Å². The molecule has 160 valence electrons. The van der Waals surface area contributed by atoms with Gasteiger partial charge in [-0.3, -0.25) is 24.1 Å². The summed E-state index contributed by atoms with van der Waals surface area (Å²) in [5, 5.41) is 5.53. The molecule has 2 aromatic rings. The lowest BCUT2D eigenvalue weighted by Crippen LogP contribution is -2.38. The van der Waals surface area contributed by atoms with Crippen molar-refractivity contribution in [2.45, 2.75) is 6.42 Å². The standard InChI is InChI=1S/C22H20ClN3O4S/c23-17-8-6-15(7-9-17)14-18-21(29)26(22(30)31-18)13-12-24-19(27)10-11-25-20(28)16-4-2-1-3-5-16/h1-9,14H,10-13H2,(H,24,27)(H,25,28)/b18-14-. The fraction of sp³-hybridized carbons (Fsp3) is 0.182. The molecule has 4 amide bonds. The lowest BCUT2D eigenvalue weighted by atomic mass is 10.2. The molecule has 31 heavy (non-hydrogen) atoms. The Balaban J connectivity index is 1.41. The maximum atomic E-state index is 12.5. The number of rotatable bonds is 8. The summed E-state index contributed by atoms with van der Waals surface area (Å²) in [6, 6.07) is 15.6. The minimum absolute atomic E-state index is 0.0741. The van der Waals surface area contributed by atoms with Gasteiger partial charge in [0, 0.05) is 36.6 Å². The minimum Gasteiger partial charge on any atom is -0.354 e. The number of nitrogens with zero attached hydrogens (tertiary/aromatic N) is 1. The van der Waals surface area contributed by atoms with Gasteiger partial charge in [-0.2, -0.15) is 0 Å². The number of halogens is 1. The Bertz CT molecular complexity index is 1010. The molecule has 2 aromatic carbocycles. The van der Waals surface area contributed by atoms with E-state index in [9.17, 15) is 19.2 Å². The fourth-order valence-corrected chi connectivity index (χ4v) is 3.77. The molecule has 0 atom stereocenters. The van der Waals surface area contributed by atoms with Gasteiger partial charge in [0.2, 0.25) is 5.91 Å². The first-order valence-corrected chi connectivity index (χ1v) is 10.7. The molecule has 0 aliphatic carbocycles. The average Bonchev–Trinajstić information content (AvgIpc) is 3.03.